The van der Waals surface area contributed by atoms with E-state index < -0.39 is 0 Å². The number of rotatable bonds is 4. The van der Waals surface area contributed by atoms with Crippen LogP contribution in [0.25, 0.3) is 0 Å². The Kier molecular flexibility index (Phi) is 3.61. The van der Waals surface area contributed by atoms with Gasteiger partial charge >= 0.3 is 0 Å². The maximum Gasteiger partial charge on any atom is 0.0209 e. The van der Waals surface area contributed by atoms with Crippen LogP contribution in [0.15, 0.2) is 28.7 Å². The zero-order chi connectivity index (χ0) is 13.5. The molecule has 0 amide bonds. The lowest BCUT2D eigenvalue weighted by molar-refractivity contribution is 0.255. The van der Waals surface area contributed by atoms with Crippen LogP contribution >= 0.6 is 15.9 Å². The van der Waals surface area contributed by atoms with Gasteiger partial charge < -0.3 is 5.32 Å². The summed E-state index contributed by atoms with van der Waals surface area (Å²) >= 11 is 3.57. The largest absolute Gasteiger partial charge is 0.310 e. The van der Waals surface area contributed by atoms with Crippen LogP contribution in [0.5, 0.6) is 0 Å². The van der Waals surface area contributed by atoms with Crippen molar-refractivity contribution in [3.63, 3.8) is 0 Å². The van der Waals surface area contributed by atoms with Crippen LogP contribution in [0.4, 0.5) is 0 Å². The van der Waals surface area contributed by atoms with Crippen LogP contribution in [-0.4, -0.2) is 36.1 Å². The van der Waals surface area contributed by atoms with Gasteiger partial charge in [0.1, 0.15) is 0 Å². The van der Waals surface area contributed by atoms with E-state index in [0.29, 0.717) is 0 Å². The number of hydrogen-bond acceptors (Lipinski definition) is 2. The summed E-state index contributed by atoms with van der Waals surface area (Å²) in [4.78, 5) is 2.70. The molecule has 1 saturated heterocycles. The second kappa shape index (κ2) is 5.43. The molecule has 1 aromatic rings. The second-order valence-electron chi connectivity index (χ2n) is 6.80. The van der Waals surface area contributed by atoms with E-state index in [1.807, 2.05) is 0 Å². The van der Waals surface area contributed by atoms with Crippen molar-refractivity contribution in [3.05, 3.63) is 34.3 Å². The third-order valence-corrected chi connectivity index (χ3v) is 5.71. The minimum absolute atomic E-state index is 0.753. The Morgan fingerprint density at radius 3 is 2.70 bits per heavy atom. The van der Waals surface area contributed by atoms with Gasteiger partial charge in [-0.25, -0.2) is 0 Å². The van der Waals surface area contributed by atoms with E-state index in [-0.39, 0.29) is 0 Å². The Morgan fingerprint density at radius 1 is 1.10 bits per heavy atom. The van der Waals surface area contributed by atoms with Crippen LogP contribution in [0.2, 0.25) is 0 Å². The highest BCUT2D eigenvalue weighted by molar-refractivity contribution is 9.10. The predicted molar refractivity (Wildman–Crippen MR) is 86.0 cm³/mol. The summed E-state index contributed by atoms with van der Waals surface area (Å²) in [6, 6.07) is 11.3. The van der Waals surface area contributed by atoms with Crippen molar-refractivity contribution in [2.75, 3.05) is 13.1 Å². The van der Waals surface area contributed by atoms with E-state index in [4.69, 9.17) is 0 Å². The summed E-state index contributed by atoms with van der Waals surface area (Å²) in [7, 11) is 0. The molecule has 1 N–H and O–H groups in total. The summed E-state index contributed by atoms with van der Waals surface area (Å²) < 4.78 is 1.21. The molecule has 0 spiro atoms. The van der Waals surface area contributed by atoms with Gasteiger partial charge in [0, 0.05) is 35.7 Å². The molecule has 0 radical (unpaired) electrons. The van der Waals surface area contributed by atoms with Gasteiger partial charge in [-0.15, -0.1) is 0 Å². The Labute approximate surface area is 130 Å². The van der Waals surface area contributed by atoms with Crippen molar-refractivity contribution < 1.29 is 0 Å². The molecule has 20 heavy (non-hydrogen) atoms. The fourth-order valence-corrected chi connectivity index (χ4v) is 4.23. The lowest BCUT2D eigenvalue weighted by Crippen LogP contribution is -2.46. The SMILES string of the molecule is Brc1cccc(C2CC(NC3CCN(C4CC4)C3)C2)c1. The highest BCUT2D eigenvalue weighted by Gasteiger charge is 2.37. The van der Waals surface area contributed by atoms with Gasteiger partial charge in [0.25, 0.3) is 0 Å². The predicted octanol–water partition coefficient (Wildman–Crippen LogP) is 3.52. The Hall–Kier alpha value is -0.380. The molecule has 0 bridgehead atoms. The first-order valence-corrected chi connectivity index (χ1v) is 8.83. The first-order chi connectivity index (χ1) is 9.78. The zero-order valence-electron chi connectivity index (χ0n) is 11.9. The van der Waals surface area contributed by atoms with E-state index >= 15 is 0 Å². The Morgan fingerprint density at radius 2 is 1.95 bits per heavy atom. The molecule has 1 atom stereocenters. The number of nitrogens with one attached hydrogen (secondary N) is 1. The number of nitrogens with zero attached hydrogens (tertiary/aromatic N) is 1. The molecule has 4 rings (SSSR count). The van der Waals surface area contributed by atoms with Crippen LogP contribution in [0.3, 0.4) is 0 Å². The highest BCUT2D eigenvalue weighted by atomic mass is 79.9. The molecule has 3 heteroatoms. The monoisotopic (exact) mass is 334 g/mol. The lowest BCUT2D eigenvalue weighted by atomic mass is 9.75. The maximum atomic E-state index is 3.89. The minimum Gasteiger partial charge on any atom is -0.310 e. The zero-order valence-corrected chi connectivity index (χ0v) is 13.5. The summed E-state index contributed by atoms with van der Waals surface area (Å²) in [5.41, 5.74) is 1.50. The quantitative estimate of drug-likeness (QED) is 0.906. The number of likely N-dealkylation sites (tertiary alicyclic amines) is 1. The smallest absolute Gasteiger partial charge is 0.0209 e. The van der Waals surface area contributed by atoms with Crippen molar-refractivity contribution in [2.24, 2.45) is 0 Å². The lowest BCUT2D eigenvalue weighted by Gasteiger charge is -2.38. The molecule has 1 unspecified atom stereocenters. The third-order valence-electron chi connectivity index (χ3n) is 5.21. The van der Waals surface area contributed by atoms with Crippen LogP contribution < -0.4 is 5.32 Å². The molecule has 2 aliphatic carbocycles. The first-order valence-electron chi connectivity index (χ1n) is 8.03. The molecule has 1 aliphatic heterocycles. The number of benzene rings is 1. The van der Waals surface area contributed by atoms with E-state index in [0.717, 1.165) is 24.0 Å². The summed E-state index contributed by atoms with van der Waals surface area (Å²) in [5.74, 6) is 0.769. The molecule has 2 nitrogen and oxygen atoms in total. The molecule has 108 valence electrons. The molecule has 1 heterocycles. The third kappa shape index (κ3) is 2.81. The molecule has 3 fully saturated rings. The van der Waals surface area contributed by atoms with Crippen LogP contribution in [0, 0.1) is 0 Å². The van der Waals surface area contributed by atoms with Gasteiger partial charge in [0.2, 0.25) is 0 Å². The second-order valence-corrected chi connectivity index (χ2v) is 7.71. The van der Waals surface area contributed by atoms with Gasteiger partial charge in [0.05, 0.1) is 0 Å². The average molecular weight is 335 g/mol. The van der Waals surface area contributed by atoms with Crippen molar-refractivity contribution in [2.45, 2.75) is 56.1 Å². The van der Waals surface area contributed by atoms with Gasteiger partial charge in [-0.05, 0) is 55.7 Å². The van der Waals surface area contributed by atoms with Crippen molar-refractivity contribution in [1.29, 1.82) is 0 Å². The Bertz CT molecular complexity index is 480. The number of halogens is 1. The molecule has 1 aromatic carbocycles. The number of hydrogen-bond donors (Lipinski definition) is 1. The van der Waals surface area contributed by atoms with E-state index in [1.54, 1.807) is 0 Å². The topological polar surface area (TPSA) is 15.3 Å². The van der Waals surface area contributed by atoms with Crippen molar-refractivity contribution >= 4 is 15.9 Å². The maximum absolute atomic E-state index is 3.89. The van der Waals surface area contributed by atoms with E-state index in [9.17, 15) is 0 Å². The molecule has 2 saturated carbocycles. The van der Waals surface area contributed by atoms with Crippen LogP contribution in [0.1, 0.15) is 43.6 Å². The van der Waals surface area contributed by atoms with Gasteiger partial charge in [-0.3, -0.25) is 4.90 Å². The normalized spacial score (nSPS) is 34.1. The van der Waals surface area contributed by atoms with Crippen molar-refractivity contribution in [3.8, 4) is 0 Å². The van der Waals surface area contributed by atoms with E-state index in [1.165, 1.54) is 55.2 Å². The fourth-order valence-electron chi connectivity index (χ4n) is 3.81. The summed E-state index contributed by atoms with van der Waals surface area (Å²) in [6.07, 6.45) is 6.88. The standard InChI is InChI=1S/C17H23BrN2/c18-14-3-1-2-12(8-14)13-9-16(10-13)19-15-6-7-20(11-15)17-4-5-17/h1-3,8,13,15-17,19H,4-7,9-11H2. The average Bonchev–Trinajstić information content (AvgIpc) is 3.13. The Balaban J connectivity index is 1.25. The van der Waals surface area contributed by atoms with E-state index in [2.05, 4.69) is 50.4 Å². The molecular weight excluding hydrogens is 312 g/mol. The molecule has 0 aromatic heterocycles. The van der Waals surface area contributed by atoms with Gasteiger partial charge in [0.15, 0.2) is 0 Å². The summed E-state index contributed by atoms with van der Waals surface area (Å²) in [5, 5.41) is 3.89. The molecule has 3 aliphatic rings. The summed E-state index contributed by atoms with van der Waals surface area (Å²) in [6.45, 7) is 2.62. The van der Waals surface area contributed by atoms with Gasteiger partial charge in [-0.1, -0.05) is 28.1 Å². The molecular formula is C17H23BrN2. The fraction of sp³-hybridized carbons (Fsp3) is 0.647. The van der Waals surface area contributed by atoms with Gasteiger partial charge in [-0.2, -0.15) is 0 Å². The first kappa shape index (κ1) is 13.3. The minimum atomic E-state index is 0.753. The van der Waals surface area contributed by atoms with Crippen LogP contribution in [-0.2, 0) is 0 Å². The van der Waals surface area contributed by atoms with Crippen molar-refractivity contribution in [1.82, 2.24) is 10.2 Å². The highest BCUT2D eigenvalue weighted by Crippen LogP contribution is 2.38.